The van der Waals surface area contributed by atoms with Crippen LogP contribution in [-0.4, -0.2) is 19.9 Å². The molecule has 0 amide bonds. The fourth-order valence-electron chi connectivity index (χ4n) is 1.08. The van der Waals surface area contributed by atoms with Crippen molar-refractivity contribution in [2.45, 2.75) is 31.3 Å². The van der Waals surface area contributed by atoms with E-state index in [0.717, 1.165) is 5.75 Å². The van der Waals surface area contributed by atoms with Crippen LogP contribution in [0.3, 0.4) is 0 Å². The van der Waals surface area contributed by atoms with Crippen LogP contribution in [0.1, 0.15) is 26.6 Å². The summed E-state index contributed by atoms with van der Waals surface area (Å²) in [7, 11) is 0. The van der Waals surface area contributed by atoms with Crippen LogP contribution in [0.15, 0.2) is 9.90 Å². The zero-order chi connectivity index (χ0) is 12.5. The molecule has 0 bridgehead atoms. The van der Waals surface area contributed by atoms with E-state index in [0.29, 0.717) is 22.5 Å². The summed E-state index contributed by atoms with van der Waals surface area (Å²) in [4.78, 5) is 8.38. The molecule has 0 aliphatic carbocycles. The molecule has 0 aliphatic rings. The number of thiazole rings is 1. The summed E-state index contributed by atoms with van der Waals surface area (Å²) in [6.45, 7) is 6.46. The van der Waals surface area contributed by atoms with Crippen molar-refractivity contribution in [3.63, 3.8) is 0 Å². The van der Waals surface area contributed by atoms with Crippen LogP contribution in [0, 0.1) is 0 Å². The van der Waals surface area contributed by atoms with Gasteiger partial charge in [0.05, 0.1) is 5.75 Å². The number of hydrogen-bond donors (Lipinski definition) is 1. The first kappa shape index (κ1) is 12.4. The number of nitrogen functional groups attached to an aromatic ring is 1. The highest BCUT2D eigenvalue weighted by Crippen LogP contribution is 2.27. The molecule has 0 aromatic carbocycles. The van der Waals surface area contributed by atoms with Gasteiger partial charge < -0.3 is 10.3 Å². The lowest BCUT2D eigenvalue weighted by molar-refractivity contribution is 0.424. The third-order valence-corrected chi connectivity index (χ3v) is 3.79. The first-order valence-electron chi connectivity index (χ1n) is 5.12. The van der Waals surface area contributed by atoms with Gasteiger partial charge in [0, 0.05) is 10.1 Å². The van der Waals surface area contributed by atoms with Crippen LogP contribution >= 0.6 is 23.1 Å². The molecular formula is C10H14N4OS2. The van der Waals surface area contributed by atoms with Crippen molar-refractivity contribution in [2.24, 2.45) is 0 Å². The van der Waals surface area contributed by atoms with Gasteiger partial charge in [-0.2, -0.15) is 4.98 Å². The van der Waals surface area contributed by atoms with E-state index in [4.69, 9.17) is 10.3 Å². The molecule has 0 saturated heterocycles. The Kier molecular flexibility index (Phi) is 3.39. The topological polar surface area (TPSA) is 77.8 Å². The van der Waals surface area contributed by atoms with Crippen molar-refractivity contribution in [3.8, 4) is 11.6 Å². The molecule has 0 spiro atoms. The van der Waals surface area contributed by atoms with Gasteiger partial charge in [-0.05, 0) is 0 Å². The molecule has 2 aromatic rings. The highest BCUT2D eigenvalue weighted by molar-refractivity contribution is 7.99. The third kappa shape index (κ3) is 3.44. The van der Waals surface area contributed by atoms with Crippen molar-refractivity contribution in [1.29, 1.82) is 0 Å². The van der Waals surface area contributed by atoms with Gasteiger partial charge >= 0.3 is 0 Å². The van der Waals surface area contributed by atoms with E-state index in [9.17, 15) is 0 Å². The fraction of sp³-hybridized carbons (Fsp3) is 0.500. The highest BCUT2D eigenvalue weighted by Gasteiger charge is 2.15. The number of thioether (sulfide) groups is 1. The van der Waals surface area contributed by atoms with Crippen molar-refractivity contribution < 1.29 is 4.52 Å². The van der Waals surface area contributed by atoms with Crippen LogP contribution in [-0.2, 0) is 5.75 Å². The minimum Gasteiger partial charge on any atom is -0.375 e. The molecule has 2 heterocycles. The Morgan fingerprint density at radius 3 is 2.76 bits per heavy atom. The molecule has 92 valence electrons. The van der Waals surface area contributed by atoms with Crippen LogP contribution in [0.4, 0.5) is 5.13 Å². The molecule has 2 rings (SSSR count). The summed E-state index contributed by atoms with van der Waals surface area (Å²) in [5.74, 6) is 1.85. The minimum atomic E-state index is 0.186. The molecular weight excluding hydrogens is 256 g/mol. The Morgan fingerprint density at radius 2 is 2.18 bits per heavy atom. The van der Waals surface area contributed by atoms with Gasteiger partial charge in [0.2, 0.25) is 0 Å². The number of anilines is 1. The summed E-state index contributed by atoms with van der Waals surface area (Å²) in [6, 6.07) is 0. The number of nitrogens with two attached hydrogens (primary N) is 1. The molecule has 0 saturated carbocycles. The van der Waals surface area contributed by atoms with Crippen molar-refractivity contribution in [3.05, 3.63) is 11.2 Å². The molecule has 0 fully saturated rings. The van der Waals surface area contributed by atoms with E-state index < -0.39 is 0 Å². The van der Waals surface area contributed by atoms with Crippen molar-refractivity contribution in [1.82, 2.24) is 15.1 Å². The molecule has 0 unspecified atom stereocenters. The van der Waals surface area contributed by atoms with Crippen LogP contribution in [0.5, 0.6) is 0 Å². The second-order valence-corrected chi connectivity index (χ2v) is 7.18. The molecule has 2 N–H and O–H groups in total. The first-order chi connectivity index (χ1) is 7.94. The maximum atomic E-state index is 5.55. The first-order valence-corrected chi connectivity index (χ1v) is 6.98. The fourth-order valence-corrected chi connectivity index (χ4v) is 2.30. The Labute approximate surface area is 108 Å². The van der Waals surface area contributed by atoms with Crippen LogP contribution < -0.4 is 5.73 Å². The largest absolute Gasteiger partial charge is 0.375 e. The molecule has 0 atom stereocenters. The SMILES string of the molecule is CC(C)(C)SCc1noc(-c2csc(N)n2)n1. The van der Waals surface area contributed by atoms with Gasteiger partial charge in [-0.1, -0.05) is 25.9 Å². The van der Waals surface area contributed by atoms with Gasteiger partial charge in [0.25, 0.3) is 5.89 Å². The summed E-state index contributed by atoms with van der Waals surface area (Å²) in [5.41, 5.74) is 6.20. The summed E-state index contributed by atoms with van der Waals surface area (Å²) in [5, 5.41) is 6.23. The van der Waals surface area contributed by atoms with Gasteiger partial charge in [-0.3, -0.25) is 0 Å². The zero-order valence-corrected chi connectivity index (χ0v) is 11.6. The quantitative estimate of drug-likeness (QED) is 0.924. The molecule has 5 nitrogen and oxygen atoms in total. The zero-order valence-electron chi connectivity index (χ0n) is 9.93. The number of hydrogen-bond acceptors (Lipinski definition) is 7. The molecule has 17 heavy (non-hydrogen) atoms. The lowest BCUT2D eigenvalue weighted by Gasteiger charge is -2.15. The van der Waals surface area contributed by atoms with E-state index in [2.05, 4.69) is 35.9 Å². The predicted octanol–water partition coefficient (Wildman–Crippen LogP) is 2.81. The Bertz CT molecular complexity index is 500. The molecule has 0 radical (unpaired) electrons. The monoisotopic (exact) mass is 270 g/mol. The number of rotatable bonds is 3. The van der Waals surface area contributed by atoms with Crippen molar-refractivity contribution >= 4 is 28.2 Å². The number of aromatic nitrogens is 3. The lowest BCUT2D eigenvalue weighted by Crippen LogP contribution is -2.07. The standard InChI is InChI=1S/C10H14N4OS2/c1-10(2,3)17-5-7-13-8(15-14-7)6-4-16-9(11)12-6/h4H,5H2,1-3H3,(H2,11,12). The van der Waals surface area contributed by atoms with E-state index in [1.807, 2.05) is 5.38 Å². The third-order valence-electron chi connectivity index (χ3n) is 1.84. The summed E-state index contributed by atoms with van der Waals surface area (Å²) >= 11 is 3.13. The second-order valence-electron chi connectivity index (χ2n) is 4.49. The Morgan fingerprint density at radius 1 is 1.41 bits per heavy atom. The van der Waals surface area contributed by atoms with E-state index in [1.54, 1.807) is 11.8 Å². The highest BCUT2D eigenvalue weighted by atomic mass is 32.2. The van der Waals surface area contributed by atoms with E-state index in [1.165, 1.54) is 11.3 Å². The van der Waals surface area contributed by atoms with Gasteiger partial charge in [0.15, 0.2) is 11.0 Å². The minimum absolute atomic E-state index is 0.186. The van der Waals surface area contributed by atoms with Crippen LogP contribution in [0.25, 0.3) is 11.6 Å². The van der Waals surface area contributed by atoms with Gasteiger partial charge in [-0.25, -0.2) is 4.98 Å². The second kappa shape index (κ2) is 4.66. The van der Waals surface area contributed by atoms with E-state index >= 15 is 0 Å². The maximum absolute atomic E-state index is 5.55. The molecule has 2 aromatic heterocycles. The summed E-state index contributed by atoms with van der Waals surface area (Å²) < 4.78 is 5.33. The smallest absolute Gasteiger partial charge is 0.277 e. The Hall–Kier alpha value is -1.08. The average Bonchev–Trinajstić information content (AvgIpc) is 2.81. The molecule has 0 aliphatic heterocycles. The number of nitrogens with zero attached hydrogens (tertiary/aromatic N) is 3. The van der Waals surface area contributed by atoms with Gasteiger partial charge in [-0.15, -0.1) is 23.1 Å². The van der Waals surface area contributed by atoms with E-state index in [-0.39, 0.29) is 4.75 Å². The Balaban J connectivity index is 2.06. The summed E-state index contributed by atoms with van der Waals surface area (Å²) in [6.07, 6.45) is 0. The maximum Gasteiger partial charge on any atom is 0.277 e. The van der Waals surface area contributed by atoms with Gasteiger partial charge in [0.1, 0.15) is 5.69 Å². The predicted molar refractivity (Wildman–Crippen MR) is 70.9 cm³/mol. The lowest BCUT2D eigenvalue weighted by atomic mass is 10.3. The normalized spacial score (nSPS) is 11.9. The van der Waals surface area contributed by atoms with Crippen LogP contribution in [0.2, 0.25) is 0 Å². The average molecular weight is 270 g/mol. The molecule has 7 heteroatoms. The van der Waals surface area contributed by atoms with Crippen molar-refractivity contribution in [2.75, 3.05) is 5.73 Å².